The molecule has 2 saturated carbocycles. The van der Waals surface area contributed by atoms with Crippen molar-refractivity contribution in [2.24, 2.45) is 29.4 Å². The van der Waals surface area contributed by atoms with E-state index in [1.54, 1.807) is 0 Å². The van der Waals surface area contributed by atoms with Gasteiger partial charge in [0.25, 0.3) is 0 Å². The lowest BCUT2D eigenvalue weighted by molar-refractivity contribution is 0.485. The highest BCUT2D eigenvalue weighted by Crippen LogP contribution is 2.50. The summed E-state index contributed by atoms with van der Waals surface area (Å²) >= 11 is 0. The predicted octanol–water partition coefficient (Wildman–Crippen LogP) is 1.63. The van der Waals surface area contributed by atoms with Gasteiger partial charge in [-0.25, -0.2) is 0 Å². The molecule has 1 heteroatoms. The van der Waals surface area contributed by atoms with E-state index in [-0.39, 0.29) is 0 Å². The topological polar surface area (TPSA) is 26.0 Å². The van der Waals surface area contributed by atoms with Crippen molar-refractivity contribution >= 4 is 0 Å². The van der Waals surface area contributed by atoms with E-state index in [0.717, 1.165) is 23.7 Å². The third kappa shape index (κ3) is 0.968. The van der Waals surface area contributed by atoms with Crippen LogP contribution in [0, 0.1) is 23.7 Å². The third-order valence-electron chi connectivity index (χ3n) is 3.33. The molecule has 0 radical (unpaired) electrons. The first-order valence-corrected chi connectivity index (χ1v) is 4.45. The highest BCUT2D eigenvalue weighted by molar-refractivity contribution is 5.00. The maximum Gasteiger partial charge on any atom is 0.0101 e. The standard InChI is InChI=1S/C9H17N/c1-5-3-7(5)9(10)8-4-6(8)2/h5-9H,3-4,10H2,1-2H3/t5-,6-,7-,8+,9?/m0/s1. The molecule has 0 aromatic heterocycles. The van der Waals surface area contributed by atoms with Gasteiger partial charge in [-0.15, -0.1) is 0 Å². The van der Waals surface area contributed by atoms with E-state index in [0.29, 0.717) is 6.04 Å². The minimum Gasteiger partial charge on any atom is -0.327 e. The smallest absolute Gasteiger partial charge is 0.0101 e. The molecule has 2 rings (SSSR count). The van der Waals surface area contributed by atoms with Crippen molar-refractivity contribution in [2.45, 2.75) is 32.7 Å². The molecule has 0 aliphatic heterocycles. The summed E-state index contributed by atoms with van der Waals surface area (Å²) < 4.78 is 0. The lowest BCUT2D eigenvalue weighted by Crippen LogP contribution is -2.26. The van der Waals surface area contributed by atoms with Crippen LogP contribution in [0.2, 0.25) is 0 Å². The average molecular weight is 139 g/mol. The summed E-state index contributed by atoms with van der Waals surface area (Å²) in [5, 5.41) is 0. The van der Waals surface area contributed by atoms with E-state index in [1.165, 1.54) is 12.8 Å². The van der Waals surface area contributed by atoms with E-state index in [9.17, 15) is 0 Å². The van der Waals surface area contributed by atoms with Gasteiger partial charge < -0.3 is 5.73 Å². The summed E-state index contributed by atoms with van der Waals surface area (Å²) in [6.07, 6.45) is 2.79. The molecule has 58 valence electrons. The van der Waals surface area contributed by atoms with Crippen molar-refractivity contribution < 1.29 is 0 Å². The molecule has 5 atom stereocenters. The zero-order valence-electron chi connectivity index (χ0n) is 6.88. The molecule has 0 heterocycles. The molecule has 0 aromatic carbocycles. The van der Waals surface area contributed by atoms with Gasteiger partial charge in [-0.3, -0.25) is 0 Å². The van der Waals surface area contributed by atoms with Crippen molar-refractivity contribution in [1.82, 2.24) is 0 Å². The van der Waals surface area contributed by atoms with Crippen molar-refractivity contribution in [1.29, 1.82) is 0 Å². The van der Waals surface area contributed by atoms with Crippen LogP contribution in [0.4, 0.5) is 0 Å². The summed E-state index contributed by atoms with van der Waals surface area (Å²) in [7, 11) is 0. The summed E-state index contributed by atoms with van der Waals surface area (Å²) in [5.74, 6) is 3.63. The van der Waals surface area contributed by atoms with Crippen molar-refractivity contribution in [3.8, 4) is 0 Å². The normalized spacial score (nSPS) is 54.3. The minimum absolute atomic E-state index is 0.546. The lowest BCUT2D eigenvalue weighted by Gasteiger charge is -2.08. The van der Waals surface area contributed by atoms with Crippen LogP contribution >= 0.6 is 0 Å². The van der Waals surface area contributed by atoms with Crippen LogP contribution in [-0.4, -0.2) is 6.04 Å². The molecule has 2 aliphatic rings. The van der Waals surface area contributed by atoms with Crippen molar-refractivity contribution in [3.05, 3.63) is 0 Å². The Morgan fingerprint density at radius 3 is 1.60 bits per heavy atom. The quantitative estimate of drug-likeness (QED) is 0.618. The van der Waals surface area contributed by atoms with Gasteiger partial charge in [0.15, 0.2) is 0 Å². The summed E-state index contributed by atoms with van der Waals surface area (Å²) in [6, 6.07) is 0.546. The maximum atomic E-state index is 6.07. The number of hydrogen-bond donors (Lipinski definition) is 1. The second-order valence-corrected chi connectivity index (χ2v) is 4.33. The Labute approximate surface area is 63.0 Å². The molecule has 2 fully saturated rings. The van der Waals surface area contributed by atoms with Gasteiger partial charge in [0.05, 0.1) is 0 Å². The lowest BCUT2D eigenvalue weighted by atomic mass is 10.1. The van der Waals surface area contributed by atoms with Gasteiger partial charge in [-0.1, -0.05) is 13.8 Å². The Kier molecular flexibility index (Phi) is 1.31. The fraction of sp³-hybridized carbons (Fsp3) is 1.00. The third-order valence-corrected chi connectivity index (χ3v) is 3.33. The van der Waals surface area contributed by atoms with Gasteiger partial charge >= 0.3 is 0 Å². The second-order valence-electron chi connectivity index (χ2n) is 4.33. The van der Waals surface area contributed by atoms with Gasteiger partial charge in [0, 0.05) is 6.04 Å². The Morgan fingerprint density at radius 2 is 1.40 bits per heavy atom. The molecule has 2 aliphatic carbocycles. The van der Waals surface area contributed by atoms with Gasteiger partial charge in [0.1, 0.15) is 0 Å². The van der Waals surface area contributed by atoms with Gasteiger partial charge in [-0.05, 0) is 36.5 Å². The predicted molar refractivity (Wildman–Crippen MR) is 42.5 cm³/mol. The van der Waals surface area contributed by atoms with E-state index >= 15 is 0 Å². The first-order chi connectivity index (χ1) is 4.70. The highest BCUT2D eigenvalue weighted by Gasteiger charge is 2.47. The van der Waals surface area contributed by atoms with Crippen LogP contribution in [0.25, 0.3) is 0 Å². The van der Waals surface area contributed by atoms with Crippen LogP contribution in [0.5, 0.6) is 0 Å². The van der Waals surface area contributed by atoms with Crippen LogP contribution in [-0.2, 0) is 0 Å². The van der Waals surface area contributed by atoms with E-state index in [4.69, 9.17) is 5.73 Å². The number of hydrogen-bond acceptors (Lipinski definition) is 1. The van der Waals surface area contributed by atoms with Crippen molar-refractivity contribution in [2.75, 3.05) is 0 Å². The van der Waals surface area contributed by atoms with Crippen LogP contribution < -0.4 is 5.73 Å². The molecule has 0 amide bonds. The Hall–Kier alpha value is -0.0400. The molecule has 1 unspecified atom stereocenters. The fourth-order valence-electron chi connectivity index (χ4n) is 2.09. The molecule has 1 nitrogen and oxygen atoms in total. The Morgan fingerprint density at radius 1 is 1.10 bits per heavy atom. The number of rotatable bonds is 2. The summed E-state index contributed by atoms with van der Waals surface area (Å²) in [5.41, 5.74) is 6.07. The van der Waals surface area contributed by atoms with Crippen LogP contribution in [0.1, 0.15) is 26.7 Å². The van der Waals surface area contributed by atoms with Crippen molar-refractivity contribution in [3.63, 3.8) is 0 Å². The summed E-state index contributed by atoms with van der Waals surface area (Å²) in [6.45, 7) is 4.63. The van der Waals surface area contributed by atoms with E-state index in [1.807, 2.05) is 0 Å². The zero-order valence-corrected chi connectivity index (χ0v) is 6.88. The minimum atomic E-state index is 0.546. The molecular weight excluding hydrogens is 122 g/mol. The Bertz CT molecular complexity index is 128. The van der Waals surface area contributed by atoms with Gasteiger partial charge in [0.2, 0.25) is 0 Å². The largest absolute Gasteiger partial charge is 0.327 e. The van der Waals surface area contributed by atoms with E-state index in [2.05, 4.69) is 13.8 Å². The maximum absolute atomic E-state index is 6.07. The van der Waals surface area contributed by atoms with Crippen LogP contribution in [0.15, 0.2) is 0 Å². The molecule has 0 aromatic rings. The molecule has 10 heavy (non-hydrogen) atoms. The fourth-order valence-corrected chi connectivity index (χ4v) is 2.09. The molecule has 0 bridgehead atoms. The highest BCUT2D eigenvalue weighted by atomic mass is 14.8. The summed E-state index contributed by atoms with van der Waals surface area (Å²) in [4.78, 5) is 0. The monoisotopic (exact) mass is 139 g/mol. The Balaban J connectivity index is 1.83. The molecular formula is C9H17N. The number of nitrogens with two attached hydrogens (primary N) is 1. The van der Waals surface area contributed by atoms with Gasteiger partial charge in [-0.2, -0.15) is 0 Å². The van der Waals surface area contributed by atoms with Crippen LogP contribution in [0.3, 0.4) is 0 Å². The SMILES string of the molecule is C[C@H]1C[C@@H]1C(N)[C@@H]1C[C@@H]1C. The second kappa shape index (κ2) is 1.97. The molecule has 2 N–H and O–H groups in total. The van der Waals surface area contributed by atoms with E-state index < -0.39 is 0 Å². The molecule has 0 saturated heterocycles. The zero-order chi connectivity index (χ0) is 7.30. The first kappa shape index (κ1) is 6.66. The first-order valence-electron chi connectivity index (χ1n) is 4.45. The average Bonchev–Trinajstić information content (AvgIpc) is 2.70. The molecule has 0 spiro atoms.